The zero-order valence-electron chi connectivity index (χ0n) is 13.7. The second kappa shape index (κ2) is 6.82. The molecule has 3 aromatic rings. The molecule has 1 aromatic carbocycles. The first-order valence-electron chi connectivity index (χ1n) is 8.25. The van der Waals surface area contributed by atoms with E-state index < -0.39 is 0 Å². The van der Waals surface area contributed by atoms with Gasteiger partial charge in [-0.1, -0.05) is 23.7 Å². The fourth-order valence-electron chi connectivity index (χ4n) is 3.10. The maximum atomic E-state index is 12.7. The molecule has 7 heteroatoms. The summed E-state index contributed by atoms with van der Waals surface area (Å²) in [6.07, 6.45) is 3.49. The first-order valence-corrected chi connectivity index (χ1v) is 8.63. The van der Waals surface area contributed by atoms with Crippen LogP contribution >= 0.6 is 11.6 Å². The molecule has 0 atom stereocenters. The van der Waals surface area contributed by atoms with Gasteiger partial charge in [-0.05, 0) is 23.8 Å². The molecule has 0 saturated carbocycles. The third-order valence-corrected chi connectivity index (χ3v) is 4.65. The number of halogens is 1. The van der Waals surface area contributed by atoms with Crippen LogP contribution in [0.1, 0.15) is 16.1 Å². The van der Waals surface area contributed by atoms with Crippen LogP contribution in [-0.2, 0) is 6.54 Å². The number of hydrogen-bond donors (Lipinski definition) is 0. The summed E-state index contributed by atoms with van der Waals surface area (Å²) in [6.45, 7) is 3.91. The van der Waals surface area contributed by atoms with Gasteiger partial charge < -0.3 is 4.90 Å². The highest BCUT2D eigenvalue weighted by molar-refractivity contribution is 6.30. The molecule has 1 fully saturated rings. The van der Waals surface area contributed by atoms with Crippen molar-refractivity contribution in [2.45, 2.75) is 6.54 Å². The van der Waals surface area contributed by atoms with Gasteiger partial charge in [-0.3, -0.25) is 9.69 Å². The Bertz CT molecular complexity index is 868. The van der Waals surface area contributed by atoms with E-state index in [9.17, 15) is 4.79 Å². The van der Waals surface area contributed by atoms with Crippen LogP contribution in [0.15, 0.2) is 48.8 Å². The molecule has 6 nitrogen and oxygen atoms in total. The first kappa shape index (κ1) is 16.1. The highest BCUT2D eigenvalue weighted by Crippen LogP contribution is 2.15. The summed E-state index contributed by atoms with van der Waals surface area (Å²) >= 11 is 6.04. The van der Waals surface area contributed by atoms with Gasteiger partial charge >= 0.3 is 0 Å². The Morgan fingerprint density at radius 3 is 2.72 bits per heavy atom. The third kappa shape index (κ3) is 3.50. The highest BCUT2D eigenvalue weighted by Gasteiger charge is 2.24. The Morgan fingerprint density at radius 1 is 1.12 bits per heavy atom. The van der Waals surface area contributed by atoms with E-state index in [0.29, 0.717) is 24.4 Å². The number of hydrogen-bond acceptors (Lipinski definition) is 4. The molecule has 0 N–H and O–H groups in total. The number of carbonyl (C=O) groups excluding carboxylic acids is 1. The standard InChI is InChI=1S/C18H18ClN5O/c19-15-4-1-3-14(11-15)13-22-7-9-23(10-8-22)18(25)16-12-17-20-5-2-6-24(17)21-16/h1-6,11-12H,7-10,13H2. The Kier molecular flexibility index (Phi) is 4.38. The van der Waals surface area contributed by atoms with Crippen LogP contribution in [0.3, 0.4) is 0 Å². The van der Waals surface area contributed by atoms with Crippen molar-refractivity contribution in [3.63, 3.8) is 0 Å². The van der Waals surface area contributed by atoms with Crippen LogP contribution in [-0.4, -0.2) is 56.5 Å². The number of piperazine rings is 1. The molecule has 0 bridgehead atoms. The van der Waals surface area contributed by atoms with E-state index in [2.05, 4.69) is 21.0 Å². The van der Waals surface area contributed by atoms with Gasteiger partial charge in [0, 0.05) is 56.2 Å². The molecule has 0 spiro atoms. The first-order chi connectivity index (χ1) is 12.2. The van der Waals surface area contributed by atoms with E-state index in [-0.39, 0.29) is 5.91 Å². The third-order valence-electron chi connectivity index (χ3n) is 4.41. The van der Waals surface area contributed by atoms with Gasteiger partial charge in [-0.15, -0.1) is 0 Å². The minimum absolute atomic E-state index is 0.0343. The molecule has 0 aliphatic carbocycles. The largest absolute Gasteiger partial charge is 0.335 e. The van der Waals surface area contributed by atoms with Crippen LogP contribution in [0.2, 0.25) is 5.02 Å². The fourth-order valence-corrected chi connectivity index (χ4v) is 3.31. The predicted octanol–water partition coefficient (Wildman–Crippen LogP) is 2.34. The van der Waals surface area contributed by atoms with Crippen molar-refractivity contribution < 1.29 is 4.79 Å². The minimum atomic E-state index is -0.0343. The zero-order chi connectivity index (χ0) is 17.2. The fraction of sp³-hybridized carbons (Fsp3) is 0.278. The van der Waals surface area contributed by atoms with E-state index >= 15 is 0 Å². The Morgan fingerprint density at radius 2 is 1.96 bits per heavy atom. The van der Waals surface area contributed by atoms with Gasteiger partial charge in [0.1, 0.15) is 0 Å². The summed E-state index contributed by atoms with van der Waals surface area (Å²) in [6, 6.07) is 11.4. The van der Waals surface area contributed by atoms with Gasteiger partial charge in [-0.25, -0.2) is 9.50 Å². The smallest absolute Gasteiger partial charge is 0.274 e. The molecule has 128 valence electrons. The summed E-state index contributed by atoms with van der Waals surface area (Å²) in [5.41, 5.74) is 2.33. The maximum Gasteiger partial charge on any atom is 0.274 e. The van der Waals surface area contributed by atoms with Gasteiger partial charge in [0.05, 0.1) is 0 Å². The van der Waals surface area contributed by atoms with Crippen molar-refractivity contribution in [1.29, 1.82) is 0 Å². The van der Waals surface area contributed by atoms with Crippen molar-refractivity contribution >= 4 is 23.2 Å². The van der Waals surface area contributed by atoms with Crippen molar-refractivity contribution in [3.8, 4) is 0 Å². The molecule has 1 saturated heterocycles. The lowest BCUT2D eigenvalue weighted by atomic mass is 10.2. The second-order valence-electron chi connectivity index (χ2n) is 6.15. The van der Waals surface area contributed by atoms with E-state index in [4.69, 9.17) is 11.6 Å². The van der Waals surface area contributed by atoms with E-state index in [1.807, 2.05) is 23.1 Å². The number of carbonyl (C=O) groups is 1. The quantitative estimate of drug-likeness (QED) is 0.723. The summed E-state index contributed by atoms with van der Waals surface area (Å²) in [5.74, 6) is -0.0343. The average molecular weight is 356 g/mol. The van der Waals surface area contributed by atoms with Crippen molar-refractivity contribution in [2.24, 2.45) is 0 Å². The van der Waals surface area contributed by atoms with Crippen molar-refractivity contribution in [2.75, 3.05) is 26.2 Å². The Balaban J connectivity index is 1.38. The van der Waals surface area contributed by atoms with Crippen LogP contribution in [0.25, 0.3) is 5.65 Å². The molecule has 1 aliphatic heterocycles. The molecular formula is C18H18ClN5O. The van der Waals surface area contributed by atoms with E-state index in [1.165, 1.54) is 5.56 Å². The number of fused-ring (bicyclic) bond motifs is 1. The summed E-state index contributed by atoms with van der Waals surface area (Å²) in [7, 11) is 0. The van der Waals surface area contributed by atoms with Gasteiger partial charge in [0.25, 0.3) is 5.91 Å². The van der Waals surface area contributed by atoms with Gasteiger partial charge in [0.2, 0.25) is 0 Å². The van der Waals surface area contributed by atoms with Crippen LogP contribution < -0.4 is 0 Å². The summed E-state index contributed by atoms with van der Waals surface area (Å²) in [5, 5.41) is 5.08. The second-order valence-corrected chi connectivity index (χ2v) is 6.59. The lowest BCUT2D eigenvalue weighted by Gasteiger charge is -2.34. The summed E-state index contributed by atoms with van der Waals surface area (Å²) in [4.78, 5) is 21.1. The maximum absolute atomic E-state index is 12.7. The summed E-state index contributed by atoms with van der Waals surface area (Å²) < 4.78 is 1.63. The Hall–Kier alpha value is -2.44. The monoisotopic (exact) mass is 355 g/mol. The number of nitrogens with zero attached hydrogens (tertiary/aromatic N) is 5. The minimum Gasteiger partial charge on any atom is -0.335 e. The molecule has 3 heterocycles. The van der Waals surface area contributed by atoms with Crippen molar-refractivity contribution in [3.05, 3.63) is 65.1 Å². The van der Waals surface area contributed by atoms with Crippen LogP contribution in [0.5, 0.6) is 0 Å². The normalized spacial score (nSPS) is 15.6. The Labute approximate surface area is 150 Å². The van der Waals surface area contributed by atoms with E-state index in [0.717, 1.165) is 24.7 Å². The lowest BCUT2D eigenvalue weighted by molar-refractivity contribution is 0.0622. The lowest BCUT2D eigenvalue weighted by Crippen LogP contribution is -2.48. The SMILES string of the molecule is O=C(c1cc2ncccn2n1)N1CCN(Cc2cccc(Cl)c2)CC1. The molecule has 2 aromatic heterocycles. The molecular weight excluding hydrogens is 338 g/mol. The predicted molar refractivity (Wildman–Crippen MR) is 95.6 cm³/mol. The topological polar surface area (TPSA) is 53.7 Å². The molecule has 4 rings (SSSR count). The highest BCUT2D eigenvalue weighted by atomic mass is 35.5. The molecule has 0 radical (unpaired) electrons. The van der Waals surface area contributed by atoms with Crippen molar-refractivity contribution in [1.82, 2.24) is 24.4 Å². The van der Waals surface area contributed by atoms with Gasteiger partial charge in [-0.2, -0.15) is 5.10 Å². The van der Waals surface area contributed by atoms with E-state index in [1.54, 1.807) is 29.0 Å². The molecule has 1 aliphatic rings. The number of aromatic nitrogens is 3. The number of rotatable bonds is 3. The van der Waals surface area contributed by atoms with Gasteiger partial charge in [0.15, 0.2) is 11.3 Å². The number of benzene rings is 1. The number of amides is 1. The molecule has 1 amide bonds. The van der Waals surface area contributed by atoms with Crippen LogP contribution in [0.4, 0.5) is 0 Å². The molecule has 0 unspecified atom stereocenters. The van der Waals surface area contributed by atoms with Crippen LogP contribution in [0, 0.1) is 0 Å². The zero-order valence-corrected chi connectivity index (χ0v) is 14.4. The molecule has 25 heavy (non-hydrogen) atoms. The average Bonchev–Trinajstić information content (AvgIpc) is 3.06.